The van der Waals surface area contributed by atoms with E-state index < -0.39 is 5.54 Å². The van der Waals surface area contributed by atoms with Crippen LogP contribution in [0.15, 0.2) is 24.3 Å². The minimum Gasteiger partial charge on any atom is -0.494 e. The van der Waals surface area contributed by atoms with Gasteiger partial charge in [-0.15, -0.1) is 0 Å². The summed E-state index contributed by atoms with van der Waals surface area (Å²) in [6.45, 7) is 6.69. The summed E-state index contributed by atoms with van der Waals surface area (Å²) in [6.07, 6.45) is 2.64. The first-order valence-electron chi connectivity index (χ1n) is 7.50. The van der Waals surface area contributed by atoms with Gasteiger partial charge >= 0.3 is 0 Å². The molecule has 1 unspecified atom stereocenters. The third-order valence-electron chi connectivity index (χ3n) is 3.27. The van der Waals surface area contributed by atoms with Crippen LogP contribution in [0.3, 0.4) is 0 Å². The molecule has 4 heteroatoms. The fourth-order valence-corrected chi connectivity index (χ4v) is 2.30. The smallest absolute Gasteiger partial charge is 0.119 e. The number of nitrogens with zero attached hydrogens (tertiary/aromatic N) is 1. The van der Waals surface area contributed by atoms with Gasteiger partial charge in [0.15, 0.2) is 0 Å². The molecular weight excluding hydrogens is 264 g/mol. The average molecular weight is 290 g/mol. The number of ether oxygens (including phenoxy) is 1. The van der Waals surface area contributed by atoms with Crippen LogP contribution in [-0.2, 0) is 6.61 Å². The van der Waals surface area contributed by atoms with E-state index in [2.05, 4.69) is 11.4 Å². The number of rotatable bonds is 9. The zero-order valence-corrected chi connectivity index (χ0v) is 13.2. The highest BCUT2D eigenvalue weighted by atomic mass is 16.5. The van der Waals surface area contributed by atoms with Crippen LogP contribution in [0.4, 0.5) is 0 Å². The Bertz CT molecular complexity index is 468. The Balaban J connectivity index is 2.29. The molecule has 0 heterocycles. The van der Waals surface area contributed by atoms with Crippen LogP contribution >= 0.6 is 0 Å². The summed E-state index contributed by atoms with van der Waals surface area (Å²) >= 11 is 0. The zero-order chi connectivity index (χ0) is 15.7. The summed E-state index contributed by atoms with van der Waals surface area (Å²) in [5.41, 5.74) is 0.385. The third kappa shape index (κ3) is 6.61. The second-order valence-corrected chi connectivity index (χ2v) is 5.85. The van der Waals surface area contributed by atoms with Crippen LogP contribution in [0.25, 0.3) is 0 Å². The number of nitrogens with one attached hydrogen (secondary N) is 1. The van der Waals surface area contributed by atoms with Gasteiger partial charge < -0.3 is 9.84 Å². The predicted molar refractivity (Wildman–Crippen MR) is 84.0 cm³/mol. The van der Waals surface area contributed by atoms with Crippen LogP contribution < -0.4 is 10.1 Å². The molecule has 0 aliphatic carbocycles. The molecule has 0 aliphatic heterocycles. The van der Waals surface area contributed by atoms with Crippen molar-refractivity contribution in [2.45, 2.75) is 58.2 Å². The van der Waals surface area contributed by atoms with E-state index >= 15 is 0 Å². The molecule has 4 nitrogen and oxygen atoms in total. The molecule has 0 spiro atoms. The van der Waals surface area contributed by atoms with Gasteiger partial charge in [0.25, 0.3) is 0 Å². The lowest BCUT2D eigenvalue weighted by molar-refractivity contribution is 0.276. The van der Waals surface area contributed by atoms with Crippen molar-refractivity contribution in [3.05, 3.63) is 29.8 Å². The Morgan fingerprint density at radius 2 is 2.14 bits per heavy atom. The quantitative estimate of drug-likeness (QED) is 0.686. The van der Waals surface area contributed by atoms with Crippen molar-refractivity contribution in [1.82, 2.24) is 5.32 Å². The Kier molecular flexibility index (Phi) is 7.21. The highest BCUT2D eigenvalue weighted by molar-refractivity contribution is 5.27. The van der Waals surface area contributed by atoms with Gasteiger partial charge in [-0.2, -0.15) is 5.26 Å². The van der Waals surface area contributed by atoms with E-state index in [1.807, 2.05) is 45.0 Å². The third-order valence-corrected chi connectivity index (χ3v) is 3.27. The van der Waals surface area contributed by atoms with Crippen LogP contribution in [0.5, 0.6) is 5.75 Å². The molecule has 1 aromatic carbocycles. The molecular formula is C17H26N2O2. The van der Waals surface area contributed by atoms with E-state index in [0.717, 1.165) is 30.6 Å². The summed E-state index contributed by atoms with van der Waals surface area (Å²) in [5.74, 6) is 0.782. The number of aliphatic hydroxyl groups is 1. The molecule has 0 amide bonds. The van der Waals surface area contributed by atoms with Crippen LogP contribution in [0.1, 0.15) is 45.6 Å². The zero-order valence-electron chi connectivity index (χ0n) is 13.2. The molecule has 1 atom stereocenters. The average Bonchev–Trinajstić information content (AvgIpc) is 2.46. The van der Waals surface area contributed by atoms with Crippen molar-refractivity contribution in [2.24, 2.45) is 0 Å². The second-order valence-electron chi connectivity index (χ2n) is 5.85. The summed E-state index contributed by atoms with van der Waals surface area (Å²) < 4.78 is 5.66. The highest BCUT2D eigenvalue weighted by Crippen LogP contribution is 2.16. The Morgan fingerprint density at radius 1 is 1.38 bits per heavy atom. The largest absolute Gasteiger partial charge is 0.494 e. The molecule has 0 saturated heterocycles. The van der Waals surface area contributed by atoms with E-state index in [0.29, 0.717) is 12.6 Å². The van der Waals surface area contributed by atoms with Gasteiger partial charge in [0.1, 0.15) is 11.3 Å². The summed E-state index contributed by atoms with van der Waals surface area (Å²) in [5, 5.41) is 21.6. The maximum absolute atomic E-state index is 9.26. The Morgan fingerprint density at radius 3 is 2.76 bits per heavy atom. The van der Waals surface area contributed by atoms with E-state index in [1.54, 1.807) is 0 Å². The lowest BCUT2D eigenvalue weighted by Gasteiger charge is -2.25. The molecule has 21 heavy (non-hydrogen) atoms. The van der Waals surface area contributed by atoms with Crippen molar-refractivity contribution in [3.8, 4) is 11.8 Å². The number of aliphatic hydroxyl groups excluding tert-OH is 1. The van der Waals surface area contributed by atoms with Crippen LogP contribution in [-0.4, -0.2) is 23.3 Å². The van der Waals surface area contributed by atoms with E-state index in [4.69, 9.17) is 9.84 Å². The summed E-state index contributed by atoms with van der Waals surface area (Å²) in [4.78, 5) is 0. The number of nitriles is 1. The van der Waals surface area contributed by atoms with E-state index in [-0.39, 0.29) is 6.61 Å². The second kappa shape index (κ2) is 8.66. The normalized spacial score (nSPS) is 13.7. The minimum absolute atomic E-state index is 0.0264. The van der Waals surface area contributed by atoms with Crippen molar-refractivity contribution >= 4 is 0 Å². The molecule has 0 saturated carbocycles. The molecule has 0 fully saturated rings. The van der Waals surface area contributed by atoms with Crippen molar-refractivity contribution < 1.29 is 9.84 Å². The predicted octanol–water partition coefficient (Wildman–Crippen LogP) is 3.01. The SMILES string of the molecule is CC(C)NC(C)(C#N)CCCCOc1cccc(CO)c1. The Hall–Kier alpha value is -1.57. The number of hydrogen-bond donors (Lipinski definition) is 2. The lowest BCUT2D eigenvalue weighted by atomic mass is 9.96. The monoisotopic (exact) mass is 290 g/mol. The number of unbranched alkanes of at least 4 members (excludes halogenated alkanes) is 1. The summed E-state index contributed by atoms with van der Waals surface area (Å²) in [6, 6.07) is 10.1. The molecule has 0 radical (unpaired) electrons. The molecule has 2 N–H and O–H groups in total. The fraction of sp³-hybridized carbons (Fsp3) is 0.588. The van der Waals surface area contributed by atoms with Crippen LogP contribution in [0, 0.1) is 11.3 Å². The minimum atomic E-state index is -0.467. The van der Waals surface area contributed by atoms with Crippen molar-refractivity contribution in [3.63, 3.8) is 0 Å². The molecule has 1 rings (SSSR count). The van der Waals surface area contributed by atoms with Gasteiger partial charge in [0.2, 0.25) is 0 Å². The fourth-order valence-electron chi connectivity index (χ4n) is 2.30. The van der Waals surface area contributed by atoms with Crippen molar-refractivity contribution in [2.75, 3.05) is 6.61 Å². The number of benzene rings is 1. The first-order valence-corrected chi connectivity index (χ1v) is 7.50. The van der Waals surface area contributed by atoms with Gasteiger partial charge in [0, 0.05) is 6.04 Å². The van der Waals surface area contributed by atoms with Gasteiger partial charge in [-0.25, -0.2) is 0 Å². The standard InChI is InChI=1S/C17H26N2O2/c1-14(2)19-17(3,13-18)9-4-5-10-21-16-8-6-7-15(11-16)12-20/h6-8,11,14,19-20H,4-5,9-10,12H2,1-3H3. The van der Waals surface area contributed by atoms with Gasteiger partial charge in [-0.05, 0) is 57.7 Å². The molecule has 116 valence electrons. The molecule has 0 aliphatic rings. The maximum Gasteiger partial charge on any atom is 0.119 e. The molecule has 0 aromatic heterocycles. The summed E-state index contributed by atoms with van der Waals surface area (Å²) in [7, 11) is 0. The van der Waals surface area contributed by atoms with Crippen molar-refractivity contribution in [1.29, 1.82) is 5.26 Å². The van der Waals surface area contributed by atoms with Gasteiger partial charge in [0.05, 0.1) is 19.3 Å². The van der Waals surface area contributed by atoms with Gasteiger partial charge in [-0.3, -0.25) is 5.32 Å². The topological polar surface area (TPSA) is 65.3 Å². The molecule has 0 bridgehead atoms. The first kappa shape index (κ1) is 17.5. The number of hydrogen-bond acceptors (Lipinski definition) is 4. The van der Waals surface area contributed by atoms with Gasteiger partial charge in [-0.1, -0.05) is 12.1 Å². The first-order chi connectivity index (χ1) is 9.99. The van der Waals surface area contributed by atoms with E-state index in [9.17, 15) is 5.26 Å². The van der Waals surface area contributed by atoms with E-state index in [1.165, 1.54) is 0 Å². The van der Waals surface area contributed by atoms with Crippen LogP contribution in [0.2, 0.25) is 0 Å². The maximum atomic E-state index is 9.26. The lowest BCUT2D eigenvalue weighted by Crippen LogP contribution is -2.44. The highest BCUT2D eigenvalue weighted by Gasteiger charge is 2.23. The molecule has 1 aromatic rings. The Labute approximate surface area is 127 Å².